The Balaban J connectivity index is 1.48. The first-order valence-corrected chi connectivity index (χ1v) is 9.34. The molecular formula is C21H18BrClN2O. The van der Waals surface area contributed by atoms with Gasteiger partial charge in [0.05, 0.1) is 12.8 Å². The van der Waals surface area contributed by atoms with Crippen LogP contribution in [0.2, 0.25) is 5.02 Å². The van der Waals surface area contributed by atoms with Crippen LogP contribution in [0.15, 0.2) is 82.4 Å². The first kappa shape index (κ1) is 18.5. The van der Waals surface area contributed by atoms with Gasteiger partial charge in [-0.25, -0.2) is 0 Å². The summed E-state index contributed by atoms with van der Waals surface area (Å²) in [6, 6.07) is 23.6. The highest BCUT2D eigenvalue weighted by Gasteiger charge is 1.98. The number of benzene rings is 3. The van der Waals surface area contributed by atoms with Crippen molar-refractivity contribution in [1.29, 1.82) is 0 Å². The maximum Gasteiger partial charge on any atom is 0.119 e. The summed E-state index contributed by atoms with van der Waals surface area (Å²) in [5.41, 5.74) is 6.14. The van der Waals surface area contributed by atoms with Gasteiger partial charge in [-0.05, 0) is 59.2 Å². The van der Waals surface area contributed by atoms with Gasteiger partial charge < -0.3 is 10.2 Å². The van der Waals surface area contributed by atoms with Crippen molar-refractivity contribution >= 4 is 33.7 Å². The molecule has 0 unspecified atom stereocenters. The highest BCUT2D eigenvalue weighted by atomic mass is 79.9. The maximum atomic E-state index is 6.11. The Bertz CT molecular complexity index is 864. The fourth-order valence-corrected chi connectivity index (χ4v) is 2.76. The molecule has 3 rings (SSSR count). The second-order valence-electron chi connectivity index (χ2n) is 5.67. The number of ether oxygens (including phenoxy) is 1. The van der Waals surface area contributed by atoms with Gasteiger partial charge in [-0.2, -0.15) is 5.10 Å². The summed E-state index contributed by atoms with van der Waals surface area (Å²) >= 11 is 9.54. The van der Waals surface area contributed by atoms with E-state index in [1.165, 1.54) is 0 Å². The minimum Gasteiger partial charge on any atom is -0.489 e. The van der Waals surface area contributed by atoms with Gasteiger partial charge in [-0.1, -0.05) is 57.9 Å². The van der Waals surface area contributed by atoms with Crippen LogP contribution in [-0.2, 0) is 13.2 Å². The van der Waals surface area contributed by atoms with E-state index in [2.05, 4.69) is 26.5 Å². The lowest BCUT2D eigenvalue weighted by Gasteiger charge is -2.07. The number of rotatable bonds is 7. The molecular weight excluding hydrogens is 412 g/mol. The van der Waals surface area contributed by atoms with Crippen LogP contribution in [0.4, 0.5) is 0 Å². The first-order valence-electron chi connectivity index (χ1n) is 8.17. The number of hydrazone groups is 1. The predicted octanol–water partition coefficient (Wildman–Crippen LogP) is 5.81. The molecule has 0 amide bonds. The summed E-state index contributed by atoms with van der Waals surface area (Å²) in [5.74, 6) is 0.828. The second-order valence-corrected chi connectivity index (χ2v) is 6.99. The van der Waals surface area contributed by atoms with Crippen LogP contribution < -0.4 is 10.2 Å². The largest absolute Gasteiger partial charge is 0.489 e. The van der Waals surface area contributed by atoms with Gasteiger partial charge in [-0.3, -0.25) is 0 Å². The Hall–Kier alpha value is -2.30. The Morgan fingerprint density at radius 3 is 2.42 bits per heavy atom. The van der Waals surface area contributed by atoms with Crippen molar-refractivity contribution in [1.82, 2.24) is 5.43 Å². The number of hydrogen-bond acceptors (Lipinski definition) is 3. The molecule has 0 radical (unpaired) electrons. The molecule has 0 bridgehead atoms. The maximum absolute atomic E-state index is 6.11. The van der Waals surface area contributed by atoms with E-state index in [-0.39, 0.29) is 0 Å². The normalized spacial score (nSPS) is 10.8. The van der Waals surface area contributed by atoms with E-state index >= 15 is 0 Å². The number of hydrogen-bond donors (Lipinski definition) is 1. The van der Waals surface area contributed by atoms with E-state index in [4.69, 9.17) is 16.3 Å². The van der Waals surface area contributed by atoms with Crippen molar-refractivity contribution in [2.75, 3.05) is 0 Å². The Labute approximate surface area is 166 Å². The summed E-state index contributed by atoms with van der Waals surface area (Å²) in [6.45, 7) is 1.13. The quantitative estimate of drug-likeness (QED) is 0.380. The van der Waals surface area contributed by atoms with Crippen LogP contribution in [0.1, 0.15) is 16.7 Å². The zero-order valence-corrected chi connectivity index (χ0v) is 16.4. The van der Waals surface area contributed by atoms with Crippen molar-refractivity contribution < 1.29 is 4.74 Å². The van der Waals surface area contributed by atoms with Gasteiger partial charge in [0.1, 0.15) is 12.4 Å². The predicted molar refractivity (Wildman–Crippen MR) is 111 cm³/mol. The van der Waals surface area contributed by atoms with Crippen LogP contribution in [0.5, 0.6) is 5.75 Å². The van der Waals surface area contributed by atoms with Crippen molar-refractivity contribution in [3.63, 3.8) is 0 Å². The topological polar surface area (TPSA) is 33.6 Å². The van der Waals surface area contributed by atoms with E-state index in [1.54, 1.807) is 6.21 Å². The van der Waals surface area contributed by atoms with Crippen LogP contribution in [-0.4, -0.2) is 6.21 Å². The molecule has 5 heteroatoms. The summed E-state index contributed by atoms with van der Waals surface area (Å²) < 4.78 is 6.86. The monoisotopic (exact) mass is 428 g/mol. The lowest BCUT2D eigenvalue weighted by molar-refractivity contribution is 0.306. The molecule has 3 nitrogen and oxygen atoms in total. The summed E-state index contributed by atoms with van der Waals surface area (Å²) in [5, 5.41) is 4.97. The van der Waals surface area contributed by atoms with E-state index in [1.807, 2.05) is 72.8 Å². The van der Waals surface area contributed by atoms with E-state index < -0.39 is 0 Å². The van der Waals surface area contributed by atoms with E-state index in [0.717, 1.165) is 31.9 Å². The van der Waals surface area contributed by atoms with E-state index in [0.29, 0.717) is 13.2 Å². The molecule has 26 heavy (non-hydrogen) atoms. The third-order valence-corrected chi connectivity index (χ3v) is 4.63. The number of halogens is 2. The molecule has 0 atom stereocenters. The SMILES string of the molecule is Clc1ccccc1CN/N=C\c1ccc(OCc2ccc(Br)cc2)cc1. The molecule has 0 fully saturated rings. The Morgan fingerprint density at radius 1 is 0.962 bits per heavy atom. The standard InChI is InChI=1S/C21H18BrClN2O/c22-19-9-5-17(6-10-19)15-26-20-11-7-16(8-12-20)13-24-25-14-18-3-1-2-4-21(18)23/h1-13,25H,14-15H2/b24-13-. The first-order chi connectivity index (χ1) is 12.7. The molecule has 3 aromatic carbocycles. The van der Waals surface area contributed by atoms with Crippen LogP contribution in [0, 0.1) is 0 Å². The molecule has 0 saturated carbocycles. The van der Waals surface area contributed by atoms with Gasteiger partial charge >= 0.3 is 0 Å². The average Bonchev–Trinajstić information content (AvgIpc) is 2.67. The molecule has 0 aliphatic carbocycles. The minimum atomic E-state index is 0.542. The van der Waals surface area contributed by atoms with Crippen molar-refractivity contribution in [2.24, 2.45) is 5.10 Å². The molecule has 3 aromatic rings. The summed E-state index contributed by atoms with van der Waals surface area (Å²) in [7, 11) is 0. The van der Waals surface area contributed by atoms with Gasteiger partial charge in [0.15, 0.2) is 0 Å². The minimum absolute atomic E-state index is 0.542. The molecule has 0 spiro atoms. The summed E-state index contributed by atoms with van der Waals surface area (Å²) in [6.07, 6.45) is 1.77. The van der Waals surface area contributed by atoms with Gasteiger partial charge in [0.25, 0.3) is 0 Å². The average molecular weight is 430 g/mol. The number of nitrogens with zero attached hydrogens (tertiary/aromatic N) is 1. The molecule has 0 saturated heterocycles. The van der Waals surface area contributed by atoms with Crippen LogP contribution >= 0.6 is 27.5 Å². The second kappa shape index (κ2) is 9.41. The highest BCUT2D eigenvalue weighted by Crippen LogP contribution is 2.16. The fourth-order valence-electron chi connectivity index (χ4n) is 2.29. The third kappa shape index (κ3) is 5.61. The lowest BCUT2D eigenvalue weighted by atomic mass is 10.2. The number of nitrogens with one attached hydrogen (secondary N) is 1. The molecule has 0 aromatic heterocycles. The van der Waals surface area contributed by atoms with Crippen LogP contribution in [0.3, 0.4) is 0 Å². The molecule has 0 heterocycles. The Morgan fingerprint density at radius 2 is 1.69 bits per heavy atom. The zero-order chi connectivity index (χ0) is 18.2. The molecule has 0 aliphatic rings. The Kier molecular flexibility index (Phi) is 6.69. The van der Waals surface area contributed by atoms with Crippen molar-refractivity contribution in [3.05, 3.63) is 99.0 Å². The van der Waals surface area contributed by atoms with Crippen molar-refractivity contribution in [3.8, 4) is 5.75 Å². The smallest absolute Gasteiger partial charge is 0.119 e. The van der Waals surface area contributed by atoms with E-state index in [9.17, 15) is 0 Å². The van der Waals surface area contributed by atoms with Crippen LogP contribution in [0.25, 0.3) is 0 Å². The van der Waals surface area contributed by atoms with Gasteiger partial charge in [-0.15, -0.1) is 0 Å². The zero-order valence-electron chi connectivity index (χ0n) is 14.0. The lowest BCUT2D eigenvalue weighted by Crippen LogP contribution is -2.05. The third-order valence-electron chi connectivity index (χ3n) is 3.73. The molecule has 132 valence electrons. The van der Waals surface area contributed by atoms with Crippen molar-refractivity contribution in [2.45, 2.75) is 13.2 Å². The van der Waals surface area contributed by atoms with Gasteiger partial charge in [0, 0.05) is 9.50 Å². The van der Waals surface area contributed by atoms with Gasteiger partial charge in [0.2, 0.25) is 0 Å². The summed E-state index contributed by atoms with van der Waals surface area (Å²) in [4.78, 5) is 0. The molecule has 0 aliphatic heterocycles. The fraction of sp³-hybridized carbons (Fsp3) is 0.0952. The molecule has 1 N–H and O–H groups in total. The highest BCUT2D eigenvalue weighted by molar-refractivity contribution is 9.10.